The Balaban J connectivity index is 1.63. The Hall–Kier alpha value is -4.28. The lowest BCUT2D eigenvalue weighted by Crippen LogP contribution is -2.28. The summed E-state index contributed by atoms with van der Waals surface area (Å²) in [6, 6.07) is 11.4. The number of aryl methyl sites for hydroxylation is 1. The Morgan fingerprint density at radius 3 is 2.42 bits per heavy atom. The van der Waals surface area contributed by atoms with Crippen molar-refractivity contribution in [3.63, 3.8) is 0 Å². The molecule has 3 aromatic rings. The van der Waals surface area contributed by atoms with Crippen LogP contribution in [-0.2, 0) is 12.7 Å². The molecule has 0 aliphatic carbocycles. The van der Waals surface area contributed by atoms with Crippen molar-refractivity contribution < 1.29 is 32.2 Å². The Morgan fingerprint density at radius 1 is 1.03 bits per heavy atom. The molecule has 0 atom stereocenters. The van der Waals surface area contributed by atoms with Crippen molar-refractivity contribution in [1.82, 2.24) is 15.6 Å². The van der Waals surface area contributed by atoms with Crippen molar-refractivity contribution >= 4 is 17.6 Å². The molecule has 1 heterocycles. The van der Waals surface area contributed by atoms with Crippen LogP contribution in [0.15, 0.2) is 54.7 Å². The third-order valence-electron chi connectivity index (χ3n) is 5.44. The van der Waals surface area contributed by atoms with Crippen molar-refractivity contribution in [2.75, 3.05) is 19.0 Å². The highest BCUT2D eigenvalue weighted by molar-refractivity contribution is 5.92. The van der Waals surface area contributed by atoms with Gasteiger partial charge in [0.2, 0.25) is 0 Å². The maximum absolute atomic E-state index is 13.4. The van der Waals surface area contributed by atoms with Gasteiger partial charge in [-0.25, -0.2) is 4.79 Å². The zero-order valence-electron chi connectivity index (χ0n) is 21.2. The van der Waals surface area contributed by atoms with Crippen LogP contribution in [0.25, 0.3) is 0 Å². The molecule has 3 N–H and O–H groups in total. The van der Waals surface area contributed by atoms with E-state index in [1.54, 1.807) is 30.3 Å². The number of nitrogens with one attached hydrogen (secondary N) is 3. The molecule has 0 unspecified atom stereocenters. The second-order valence-corrected chi connectivity index (χ2v) is 8.37. The molecule has 0 fully saturated rings. The first-order valence-corrected chi connectivity index (χ1v) is 11.9. The fourth-order valence-corrected chi connectivity index (χ4v) is 3.42. The molecule has 3 rings (SSSR count). The molecule has 0 saturated carbocycles. The molecule has 0 aliphatic heterocycles. The monoisotopic (exact) mass is 530 g/mol. The van der Waals surface area contributed by atoms with Gasteiger partial charge in [-0.2, -0.15) is 13.2 Å². The number of carbonyl (C=O) groups is 2. The predicted octanol–water partition coefficient (Wildman–Crippen LogP) is 6.06. The number of anilines is 1. The lowest BCUT2D eigenvalue weighted by molar-refractivity contribution is -0.138. The SMILES string of the molecule is CCCCOc1cc(C)c(C(F)(F)F)cc1NC(=O)NCc1ccc(Oc2ccnc(C(=O)NC)c2)cc1. The Bertz CT molecular complexity index is 1260. The molecule has 0 saturated heterocycles. The standard InChI is InChI=1S/C27H29F3N4O4/c1-4-5-12-37-24-13-17(2)21(27(28,29)30)15-22(24)34-26(36)33-16-18-6-8-19(9-7-18)38-20-10-11-32-23(14-20)25(35)31-3/h6-11,13-15H,4-5,12,16H2,1-3H3,(H,31,35)(H2,33,34,36). The van der Waals surface area contributed by atoms with Gasteiger partial charge < -0.3 is 25.4 Å². The number of halogens is 3. The first kappa shape index (κ1) is 28.3. The molecule has 11 heteroatoms. The Labute approximate surface area is 218 Å². The smallest absolute Gasteiger partial charge is 0.416 e. The number of rotatable bonds is 10. The van der Waals surface area contributed by atoms with Crippen molar-refractivity contribution in [3.05, 3.63) is 77.1 Å². The largest absolute Gasteiger partial charge is 0.491 e. The van der Waals surface area contributed by atoms with Gasteiger partial charge in [0.25, 0.3) is 5.91 Å². The van der Waals surface area contributed by atoms with E-state index in [9.17, 15) is 22.8 Å². The van der Waals surface area contributed by atoms with E-state index in [2.05, 4.69) is 20.9 Å². The lowest BCUT2D eigenvalue weighted by atomic mass is 10.1. The molecule has 1 aromatic heterocycles. The zero-order valence-corrected chi connectivity index (χ0v) is 21.2. The van der Waals surface area contributed by atoms with Crippen LogP contribution in [-0.4, -0.2) is 30.6 Å². The van der Waals surface area contributed by atoms with Crippen LogP contribution in [0.4, 0.5) is 23.7 Å². The van der Waals surface area contributed by atoms with Gasteiger partial charge in [-0.15, -0.1) is 0 Å². The summed E-state index contributed by atoms with van der Waals surface area (Å²) in [5, 5.41) is 7.59. The number of urea groups is 1. The number of pyridine rings is 1. The summed E-state index contributed by atoms with van der Waals surface area (Å²) in [6.45, 7) is 3.75. The molecular formula is C27H29F3N4O4. The molecular weight excluding hydrogens is 501 g/mol. The number of carbonyl (C=O) groups excluding carboxylic acids is 2. The highest BCUT2D eigenvalue weighted by Crippen LogP contribution is 2.38. The summed E-state index contributed by atoms with van der Waals surface area (Å²) in [4.78, 5) is 28.2. The van der Waals surface area contributed by atoms with Crippen LogP contribution >= 0.6 is 0 Å². The van der Waals surface area contributed by atoms with Crippen LogP contribution in [0.2, 0.25) is 0 Å². The highest BCUT2D eigenvalue weighted by atomic mass is 19.4. The molecule has 8 nitrogen and oxygen atoms in total. The van der Waals surface area contributed by atoms with Crippen LogP contribution in [0.3, 0.4) is 0 Å². The van der Waals surface area contributed by atoms with E-state index >= 15 is 0 Å². The van der Waals surface area contributed by atoms with Gasteiger partial charge in [0.05, 0.1) is 17.9 Å². The average molecular weight is 531 g/mol. The summed E-state index contributed by atoms with van der Waals surface area (Å²) in [5.74, 6) is 0.768. The van der Waals surface area contributed by atoms with Crippen molar-refractivity contribution in [1.29, 1.82) is 0 Å². The molecule has 0 radical (unpaired) electrons. The van der Waals surface area contributed by atoms with Crippen LogP contribution in [0.5, 0.6) is 17.2 Å². The van der Waals surface area contributed by atoms with E-state index in [1.165, 1.54) is 32.3 Å². The number of hydrogen-bond donors (Lipinski definition) is 3. The van der Waals surface area contributed by atoms with Gasteiger partial charge in [-0.05, 0) is 54.8 Å². The van der Waals surface area contributed by atoms with E-state index in [-0.39, 0.29) is 35.1 Å². The van der Waals surface area contributed by atoms with Gasteiger partial charge in [-0.3, -0.25) is 9.78 Å². The minimum atomic E-state index is -4.57. The molecule has 3 amide bonds. The fourth-order valence-electron chi connectivity index (χ4n) is 3.42. The van der Waals surface area contributed by atoms with E-state index in [4.69, 9.17) is 9.47 Å². The van der Waals surface area contributed by atoms with E-state index in [0.717, 1.165) is 24.5 Å². The normalized spacial score (nSPS) is 11.0. The minimum absolute atomic E-state index is 0.00823. The maximum Gasteiger partial charge on any atom is 0.416 e. The molecule has 202 valence electrons. The van der Waals surface area contributed by atoms with E-state index in [0.29, 0.717) is 18.1 Å². The minimum Gasteiger partial charge on any atom is -0.491 e. The van der Waals surface area contributed by atoms with Crippen molar-refractivity contribution in [2.45, 2.75) is 39.4 Å². The maximum atomic E-state index is 13.4. The number of hydrogen-bond acceptors (Lipinski definition) is 5. The number of alkyl halides is 3. The second kappa shape index (κ2) is 12.8. The van der Waals surface area contributed by atoms with Gasteiger partial charge in [0, 0.05) is 25.9 Å². The quantitative estimate of drug-likeness (QED) is 0.277. The number of aromatic nitrogens is 1. The Morgan fingerprint density at radius 2 is 1.76 bits per heavy atom. The van der Waals surface area contributed by atoms with E-state index in [1.807, 2.05) is 6.92 Å². The lowest BCUT2D eigenvalue weighted by Gasteiger charge is -2.18. The average Bonchev–Trinajstić information content (AvgIpc) is 2.88. The number of amides is 3. The number of ether oxygens (including phenoxy) is 2. The van der Waals surface area contributed by atoms with Crippen LogP contribution in [0, 0.1) is 6.92 Å². The zero-order chi connectivity index (χ0) is 27.7. The number of unbranched alkanes of at least 4 members (excludes halogenated alkanes) is 1. The van der Waals surface area contributed by atoms with Crippen molar-refractivity contribution in [3.8, 4) is 17.2 Å². The highest BCUT2D eigenvalue weighted by Gasteiger charge is 2.33. The predicted molar refractivity (Wildman–Crippen MR) is 137 cm³/mol. The third kappa shape index (κ3) is 7.86. The van der Waals surface area contributed by atoms with Crippen LogP contribution in [0.1, 0.15) is 46.9 Å². The van der Waals surface area contributed by atoms with Crippen molar-refractivity contribution in [2.24, 2.45) is 0 Å². The fraction of sp³-hybridized carbons (Fsp3) is 0.296. The number of benzene rings is 2. The molecule has 0 spiro atoms. The first-order valence-electron chi connectivity index (χ1n) is 11.9. The second-order valence-electron chi connectivity index (χ2n) is 8.37. The summed E-state index contributed by atoms with van der Waals surface area (Å²) < 4.78 is 51.6. The van der Waals surface area contributed by atoms with Gasteiger partial charge in [0.1, 0.15) is 22.9 Å². The van der Waals surface area contributed by atoms with E-state index < -0.39 is 17.8 Å². The van der Waals surface area contributed by atoms with Crippen LogP contribution < -0.4 is 25.4 Å². The summed E-state index contributed by atoms with van der Waals surface area (Å²) >= 11 is 0. The molecule has 0 bridgehead atoms. The Kier molecular flexibility index (Phi) is 9.53. The third-order valence-corrected chi connectivity index (χ3v) is 5.44. The number of nitrogens with zero attached hydrogens (tertiary/aromatic N) is 1. The molecule has 38 heavy (non-hydrogen) atoms. The summed E-state index contributed by atoms with van der Waals surface area (Å²) in [5.41, 5.74) is 0.0461. The first-order chi connectivity index (χ1) is 18.1. The van der Waals surface area contributed by atoms with Gasteiger partial charge in [0.15, 0.2) is 0 Å². The molecule has 2 aromatic carbocycles. The van der Waals surface area contributed by atoms with Gasteiger partial charge in [-0.1, -0.05) is 25.5 Å². The summed E-state index contributed by atoms with van der Waals surface area (Å²) in [7, 11) is 1.51. The summed E-state index contributed by atoms with van der Waals surface area (Å²) in [6.07, 6.45) is -1.53. The molecule has 0 aliphatic rings. The topological polar surface area (TPSA) is 102 Å². The van der Waals surface area contributed by atoms with Gasteiger partial charge >= 0.3 is 12.2 Å².